The van der Waals surface area contributed by atoms with Crippen molar-refractivity contribution in [1.82, 2.24) is 5.32 Å². The highest BCUT2D eigenvalue weighted by Gasteiger charge is 2.28. The van der Waals surface area contributed by atoms with Gasteiger partial charge in [0.25, 0.3) is 0 Å². The molecule has 0 fully saturated rings. The molecule has 0 aromatic carbocycles. The van der Waals surface area contributed by atoms with Gasteiger partial charge in [-0.1, -0.05) is 12.8 Å². The lowest BCUT2D eigenvalue weighted by Gasteiger charge is -2.22. The maximum absolute atomic E-state index is 11.5. The summed E-state index contributed by atoms with van der Waals surface area (Å²) in [5, 5.41) is 3.07. The Labute approximate surface area is 105 Å². The molecule has 0 aromatic rings. The molecule has 0 amide bonds. The summed E-state index contributed by atoms with van der Waals surface area (Å²) in [4.78, 5) is 9.39. The van der Waals surface area contributed by atoms with Crippen LogP contribution in [0, 0.1) is 0 Å². The highest BCUT2D eigenvalue weighted by atomic mass is 31.2. The molecule has 1 unspecified atom stereocenters. The average molecular weight is 267 g/mol. The molecule has 0 aliphatic carbocycles. The Balaban J connectivity index is 3.56. The molecule has 17 heavy (non-hydrogen) atoms. The van der Waals surface area contributed by atoms with E-state index in [9.17, 15) is 9.46 Å². The Morgan fingerprint density at radius 2 is 1.76 bits per heavy atom. The Kier molecular flexibility index (Phi) is 8.25. The van der Waals surface area contributed by atoms with Gasteiger partial charge in [0.15, 0.2) is 0 Å². The summed E-state index contributed by atoms with van der Waals surface area (Å²) in [5.41, 5.74) is -0.670. The lowest BCUT2D eigenvalue weighted by Crippen LogP contribution is -2.18. The van der Waals surface area contributed by atoms with Crippen LogP contribution in [-0.4, -0.2) is 30.7 Å². The molecule has 0 aromatic heterocycles. The van der Waals surface area contributed by atoms with Gasteiger partial charge in [-0.05, 0) is 47.2 Å². The quantitative estimate of drug-likeness (QED) is 0.496. The molecule has 6 heteroatoms. The Morgan fingerprint density at radius 3 is 2.29 bits per heavy atom. The van der Waals surface area contributed by atoms with Gasteiger partial charge in [-0.15, -0.1) is 0 Å². The number of nitrogens with one attached hydrogen (secondary N) is 1. The summed E-state index contributed by atoms with van der Waals surface area (Å²) < 4.78 is 21.3. The van der Waals surface area contributed by atoms with Crippen LogP contribution in [-0.2, 0) is 13.6 Å². The molecular weight excluding hydrogens is 241 g/mol. The minimum Gasteiger partial charge on any atom is -0.320 e. The van der Waals surface area contributed by atoms with Crippen molar-refractivity contribution in [3.63, 3.8) is 0 Å². The predicted molar refractivity (Wildman–Crippen MR) is 69.0 cm³/mol. The first kappa shape index (κ1) is 17.1. The smallest absolute Gasteiger partial charge is 0.320 e. The van der Waals surface area contributed by atoms with Crippen LogP contribution in [0.25, 0.3) is 0 Å². The number of phosphoric acid groups is 1. The molecule has 5 nitrogen and oxygen atoms in total. The van der Waals surface area contributed by atoms with Gasteiger partial charge in [-0.2, -0.15) is 0 Å². The Hall–Kier alpha value is 0.0700. The van der Waals surface area contributed by atoms with Crippen molar-refractivity contribution in [3.05, 3.63) is 0 Å². The van der Waals surface area contributed by atoms with E-state index in [0.29, 0.717) is 0 Å². The molecule has 2 N–H and O–H groups in total. The van der Waals surface area contributed by atoms with Crippen LogP contribution in [0.1, 0.15) is 46.5 Å². The third kappa shape index (κ3) is 12.3. The van der Waals surface area contributed by atoms with E-state index in [1.165, 1.54) is 0 Å². The van der Waals surface area contributed by atoms with Gasteiger partial charge >= 0.3 is 7.82 Å². The topological polar surface area (TPSA) is 67.8 Å². The van der Waals surface area contributed by atoms with Crippen molar-refractivity contribution in [2.45, 2.75) is 52.1 Å². The first-order valence-corrected chi connectivity index (χ1v) is 7.59. The van der Waals surface area contributed by atoms with Gasteiger partial charge < -0.3 is 10.2 Å². The fourth-order valence-electron chi connectivity index (χ4n) is 1.31. The Bertz CT molecular complexity index is 240. The fourth-order valence-corrected chi connectivity index (χ4v) is 2.41. The normalized spacial score (nSPS) is 15.8. The standard InChI is InChI=1S/C11H26NO4P/c1-11(2,3)16-17(13,14)15-10-8-6-5-7-9-12-4/h12H,5-10H2,1-4H3,(H,13,14). The third-order valence-corrected chi connectivity index (χ3v) is 3.25. The number of hydrogen-bond donors (Lipinski definition) is 2. The van der Waals surface area contributed by atoms with E-state index >= 15 is 0 Å². The van der Waals surface area contributed by atoms with E-state index in [0.717, 1.165) is 32.2 Å². The predicted octanol–water partition coefficient (Wildman–Crippen LogP) is 2.70. The van der Waals surface area contributed by atoms with Crippen LogP contribution in [0.15, 0.2) is 0 Å². The van der Waals surface area contributed by atoms with Crippen molar-refractivity contribution in [2.75, 3.05) is 20.2 Å². The van der Waals surface area contributed by atoms with Gasteiger partial charge in [-0.3, -0.25) is 9.05 Å². The van der Waals surface area contributed by atoms with Gasteiger partial charge in [0.2, 0.25) is 0 Å². The molecule has 0 rings (SSSR count). The number of unbranched alkanes of at least 4 members (excludes halogenated alkanes) is 3. The Morgan fingerprint density at radius 1 is 1.18 bits per heavy atom. The van der Waals surface area contributed by atoms with Crippen LogP contribution in [0.4, 0.5) is 0 Å². The molecular formula is C11H26NO4P. The molecule has 0 saturated carbocycles. The van der Waals surface area contributed by atoms with Crippen molar-refractivity contribution in [2.24, 2.45) is 0 Å². The minimum atomic E-state index is -3.89. The average Bonchev–Trinajstić information content (AvgIpc) is 2.12. The van der Waals surface area contributed by atoms with Crippen LogP contribution in [0.5, 0.6) is 0 Å². The molecule has 104 valence electrons. The molecule has 0 bridgehead atoms. The highest BCUT2D eigenvalue weighted by molar-refractivity contribution is 7.47. The third-order valence-electron chi connectivity index (χ3n) is 1.96. The lowest BCUT2D eigenvalue weighted by atomic mass is 10.2. The van der Waals surface area contributed by atoms with Gasteiger partial charge in [0.1, 0.15) is 0 Å². The van der Waals surface area contributed by atoms with E-state index in [-0.39, 0.29) is 6.61 Å². The first-order chi connectivity index (χ1) is 7.77. The maximum atomic E-state index is 11.5. The monoisotopic (exact) mass is 267 g/mol. The zero-order valence-electron chi connectivity index (χ0n) is 11.4. The van der Waals surface area contributed by atoms with Crippen LogP contribution < -0.4 is 5.32 Å². The SMILES string of the molecule is CNCCCCCCOP(=O)(O)OC(C)(C)C. The van der Waals surface area contributed by atoms with E-state index in [4.69, 9.17) is 9.05 Å². The van der Waals surface area contributed by atoms with Crippen molar-refractivity contribution < 1.29 is 18.5 Å². The molecule has 0 aliphatic heterocycles. The summed E-state index contributed by atoms with van der Waals surface area (Å²) in [6.07, 6.45) is 3.99. The second-order valence-corrected chi connectivity index (χ2v) is 6.40. The number of rotatable bonds is 9. The van der Waals surface area contributed by atoms with Crippen LogP contribution in [0.2, 0.25) is 0 Å². The zero-order valence-corrected chi connectivity index (χ0v) is 12.3. The van der Waals surface area contributed by atoms with E-state index in [1.54, 1.807) is 20.8 Å². The van der Waals surface area contributed by atoms with Gasteiger partial charge in [-0.25, -0.2) is 4.57 Å². The maximum Gasteiger partial charge on any atom is 0.472 e. The van der Waals surface area contributed by atoms with Crippen molar-refractivity contribution in [3.8, 4) is 0 Å². The molecule has 0 saturated heterocycles. The highest BCUT2D eigenvalue weighted by Crippen LogP contribution is 2.47. The molecule has 0 radical (unpaired) electrons. The summed E-state index contributed by atoms with van der Waals surface area (Å²) in [6, 6.07) is 0. The van der Waals surface area contributed by atoms with Gasteiger partial charge in [0, 0.05) is 0 Å². The summed E-state index contributed by atoms with van der Waals surface area (Å²) >= 11 is 0. The molecule has 0 heterocycles. The summed E-state index contributed by atoms with van der Waals surface area (Å²) in [7, 11) is -1.96. The molecule has 0 aliphatic rings. The first-order valence-electron chi connectivity index (χ1n) is 6.09. The van der Waals surface area contributed by atoms with E-state index in [2.05, 4.69) is 5.32 Å². The second kappa shape index (κ2) is 8.22. The van der Waals surface area contributed by atoms with Gasteiger partial charge in [0.05, 0.1) is 12.2 Å². The second-order valence-electron chi connectivity index (χ2n) is 5.02. The molecule has 0 spiro atoms. The fraction of sp³-hybridized carbons (Fsp3) is 1.00. The van der Waals surface area contributed by atoms with Crippen LogP contribution >= 0.6 is 7.82 Å². The minimum absolute atomic E-state index is 0.267. The number of phosphoric ester groups is 1. The van der Waals surface area contributed by atoms with Crippen molar-refractivity contribution in [1.29, 1.82) is 0 Å². The largest absolute Gasteiger partial charge is 0.472 e. The zero-order chi connectivity index (χ0) is 13.4. The van der Waals surface area contributed by atoms with E-state index in [1.807, 2.05) is 7.05 Å². The summed E-state index contributed by atoms with van der Waals surface area (Å²) in [5.74, 6) is 0. The van der Waals surface area contributed by atoms with Crippen molar-refractivity contribution >= 4 is 7.82 Å². The lowest BCUT2D eigenvalue weighted by molar-refractivity contribution is 0.0611. The molecule has 1 atom stereocenters. The van der Waals surface area contributed by atoms with E-state index < -0.39 is 13.4 Å². The summed E-state index contributed by atoms with van der Waals surface area (Å²) in [6.45, 7) is 6.43. The number of hydrogen-bond acceptors (Lipinski definition) is 4. The van der Waals surface area contributed by atoms with Crippen LogP contribution in [0.3, 0.4) is 0 Å².